The Morgan fingerprint density at radius 1 is 0.696 bits per heavy atom. The zero-order valence-corrected chi connectivity index (χ0v) is 13.0. The van der Waals surface area contributed by atoms with E-state index in [4.69, 9.17) is 5.73 Å². The van der Waals surface area contributed by atoms with Gasteiger partial charge in [0.25, 0.3) is 0 Å². The maximum absolute atomic E-state index is 10.4. The van der Waals surface area contributed by atoms with Crippen LogP contribution in [-0.4, -0.2) is 11.2 Å². The normalized spacial score (nSPS) is 13.5. The highest BCUT2D eigenvalue weighted by atomic mass is 16.3. The number of benzene rings is 3. The van der Waals surface area contributed by atoms with Gasteiger partial charge in [-0.2, -0.15) is 0 Å². The van der Waals surface area contributed by atoms with Crippen LogP contribution in [0.4, 0.5) is 0 Å². The molecule has 0 aliphatic carbocycles. The quantitative estimate of drug-likeness (QED) is 0.749. The van der Waals surface area contributed by atoms with Crippen LogP contribution < -0.4 is 5.73 Å². The summed E-state index contributed by atoms with van der Waals surface area (Å²) in [6.45, 7) is 0. The molecular formula is C21H21NO. The summed E-state index contributed by atoms with van der Waals surface area (Å²) in [5, 5.41) is 10.4. The van der Waals surface area contributed by atoms with E-state index in [0.29, 0.717) is 6.42 Å². The van der Waals surface area contributed by atoms with Crippen molar-refractivity contribution in [3.8, 4) is 11.1 Å². The fourth-order valence-electron chi connectivity index (χ4n) is 2.73. The molecule has 3 aromatic carbocycles. The lowest BCUT2D eigenvalue weighted by molar-refractivity contribution is 0.145. The molecule has 0 spiro atoms. The van der Waals surface area contributed by atoms with E-state index < -0.39 is 6.10 Å². The predicted molar refractivity (Wildman–Crippen MR) is 95.0 cm³/mol. The number of aliphatic hydroxyl groups is 1. The molecule has 2 nitrogen and oxygen atoms in total. The van der Waals surface area contributed by atoms with Gasteiger partial charge in [-0.15, -0.1) is 0 Å². The Balaban J connectivity index is 1.71. The molecule has 0 unspecified atom stereocenters. The van der Waals surface area contributed by atoms with Crippen LogP contribution in [0.2, 0.25) is 0 Å². The number of hydrogen-bond donors (Lipinski definition) is 2. The molecule has 0 saturated carbocycles. The molecular weight excluding hydrogens is 282 g/mol. The Labute approximate surface area is 137 Å². The molecule has 3 aromatic rings. The average molecular weight is 303 g/mol. The summed E-state index contributed by atoms with van der Waals surface area (Å²) < 4.78 is 0. The minimum absolute atomic E-state index is 0.389. The Morgan fingerprint density at radius 3 is 1.83 bits per heavy atom. The first-order valence-electron chi connectivity index (χ1n) is 7.87. The smallest absolute Gasteiger partial charge is 0.0773 e. The zero-order chi connectivity index (χ0) is 16.1. The van der Waals surface area contributed by atoms with Crippen LogP contribution >= 0.6 is 0 Å². The van der Waals surface area contributed by atoms with Crippen LogP contribution in [0.25, 0.3) is 11.1 Å². The molecule has 0 bridgehead atoms. The summed E-state index contributed by atoms with van der Waals surface area (Å²) in [4.78, 5) is 0. The van der Waals surface area contributed by atoms with Gasteiger partial charge in [0.15, 0.2) is 0 Å². The number of nitrogens with two attached hydrogens (primary N) is 1. The summed E-state index contributed by atoms with van der Waals surface area (Å²) >= 11 is 0. The van der Waals surface area contributed by atoms with Gasteiger partial charge in [0, 0.05) is 6.42 Å². The molecule has 3 rings (SSSR count). The lowest BCUT2D eigenvalue weighted by Crippen LogP contribution is -2.28. The molecule has 116 valence electrons. The van der Waals surface area contributed by atoms with E-state index in [2.05, 4.69) is 24.3 Å². The van der Waals surface area contributed by atoms with Crippen LogP contribution in [0.15, 0.2) is 84.9 Å². The second-order valence-corrected chi connectivity index (χ2v) is 5.77. The maximum atomic E-state index is 10.4. The third-order valence-corrected chi connectivity index (χ3v) is 4.10. The topological polar surface area (TPSA) is 46.2 Å². The molecule has 0 aromatic heterocycles. The third kappa shape index (κ3) is 3.86. The molecule has 23 heavy (non-hydrogen) atoms. The number of hydrogen-bond acceptors (Lipinski definition) is 2. The minimum atomic E-state index is -0.597. The van der Waals surface area contributed by atoms with Gasteiger partial charge in [-0.3, -0.25) is 0 Å². The van der Waals surface area contributed by atoms with Crippen molar-refractivity contribution < 1.29 is 5.11 Å². The summed E-state index contributed by atoms with van der Waals surface area (Å²) in [5.41, 5.74) is 10.6. The molecule has 0 saturated heterocycles. The summed E-state index contributed by atoms with van der Waals surface area (Å²) in [5.74, 6) is 0. The van der Waals surface area contributed by atoms with Crippen molar-refractivity contribution in [3.63, 3.8) is 0 Å². The van der Waals surface area contributed by atoms with Gasteiger partial charge < -0.3 is 10.8 Å². The van der Waals surface area contributed by atoms with E-state index in [1.165, 1.54) is 5.56 Å². The van der Waals surface area contributed by atoms with Gasteiger partial charge in [-0.05, 0) is 22.3 Å². The molecule has 2 heteroatoms. The molecule has 0 amide bonds. The van der Waals surface area contributed by atoms with Crippen LogP contribution in [0, 0.1) is 0 Å². The van der Waals surface area contributed by atoms with Gasteiger partial charge in [-0.25, -0.2) is 0 Å². The molecule has 2 atom stereocenters. The largest absolute Gasteiger partial charge is 0.391 e. The van der Waals surface area contributed by atoms with E-state index in [1.54, 1.807) is 0 Å². The van der Waals surface area contributed by atoms with Crippen molar-refractivity contribution in [1.29, 1.82) is 0 Å². The molecule has 3 N–H and O–H groups in total. The SMILES string of the molecule is N[C@@H](c1ccc(-c2ccccc2)cc1)[C@H](O)Cc1ccccc1. The second kappa shape index (κ2) is 7.23. The van der Waals surface area contributed by atoms with E-state index in [0.717, 1.165) is 16.7 Å². The van der Waals surface area contributed by atoms with Crippen molar-refractivity contribution >= 4 is 0 Å². The van der Waals surface area contributed by atoms with Crippen molar-refractivity contribution in [2.75, 3.05) is 0 Å². The lowest BCUT2D eigenvalue weighted by Gasteiger charge is -2.19. The summed E-state index contributed by atoms with van der Waals surface area (Å²) in [7, 11) is 0. The van der Waals surface area contributed by atoms with Gasteiger partial charge in [0.1, 0.15) is 0 Å². The van der Waals surface area contributed by atoms with E-state index in [-0.39, 0.29) is 6.04 Å². The van der Waals surface area contributed by atoms with Crippen LogP contribution in [0.3, 0.4) is 0 Å². The summed E-state index contributed by atoms with van der Waals surface area (Å²) in [6.07, 6.45) is -0.0393. The zero-order valence-electron chi connectivity index (χ0n) is 13.0. The van der Waals surface area contributed by atoms with E-state index in [9.17, 15) is 5.11 Å². The van der Waals surface area contributed by atoms with E-state index >= 15 is 0 Å². The molecule has 0 aliphatic heterocycles. The predicted octanol–water partition coefficient (Wildman–Crippen LogP) is 3.96. The Bertz CT molecular complexity index is 723. The Kier molecular flexibility index (Phi) is 4.86. The maximum Gasteiger partial charge on any atom is 0.0773 e. The fraction of sp³-hybridized carbons (Fsp3) is 0.143. The van der Waals surface area contributed by atoms with Crippen molar-refractivity contribution in [1.82, 2.24) is 0 Å². The van der Waals surface area contributed by atoms with Crippen molar-refractivity contribution in [3.05, 3.63) is 96.1 Å². The van der Waals surface area contributed by atoms with Gasteiger partial charge in [0.2, 0.25) is 0 Å². The van der Waals surface area contributed by atoms with Crippen LogP contribution in [0.5, 0.6) is 0 Å². The van der Waals surface area contributed by atoms with Crippen molar-refractivity contribution in [2.45, 2.75) is 18.6 Å². The van der Waals surface area contributed by atoms with Crippen molar-refractivity contribution in [2.24, 2.45) is 5.73 Å². The number of rotatable bonds is 5. The van der Waals surface area contributed by atoms with Gasteiger partial charge in [0.05, 0.1) is 12.1 Å². The first-order chi connectivity index (χ1) is 11.2. The number of aliphatic hydroxyl groups excluding tert-OH is 1. The first kappa shape index (κ1) is 15.5. The fourth-order valence-corrected chi connectivity index (χ4v) is 2.73. The highest BCUT2D eigenvalue weighted by Gasteiger charge is 2.17. The Hall–Kier alpha value is -2.42. The minimum Gasteiger partial charge on any atom is -0.391 e. The summed E-state index contributed by atoms with van der Waals surface area (Å²) in [6, 6.07) is 27.9. The standard InChI is InChI=1S/C21H21NO/c22-21(20(23)15-16-7-3-1-4-8-16)19-13-11-18(12-14-19)17-9-5-2-6-10-17/h1-14,20-21,23H,15,22H2/t20-,21+/m1/s1. The first-order valence-corrected chi connectivity index (χ1v) is 7.87. The van der Waals surface area contributed by atoms with Crippen LogP contribution in [0.1, 0.15) is 17.2 Å². The van der Waals surface area contributed by atoms with Crippen LogP contribution in [-0.2, 0) is 6.42 Å². The molecule has 0 heterocycles. The Morgan fingerprint density at radius 2 is 1.22 bits per heavy atom. The van der Waals surface area contributed by atoms with Gasteiger partial charge >= 0.3 is 0 Å². The highest BCUT2D eigenvalue weighted by Crippen LogP contribution is 2.23. The highest BCUT2D eigenvalue weighted by molar-refractivity contribution is 5.63. The molecule has 0 fully saturated rings. The third-order valence-electron chi connectivity index (χ3n) is 4.10. The molecule has 0 radical (unpaired) electrons. The molecule has 0 aliphatic rings. The average Bonchev–Trinajstić information content (AvgIpc) is 2.63. The monoisotopic (exact) mass is 303 g/mol. The second-order valence-electron chi connectivity index (χ2n) is 5.77. The van der Waals surface area contributed by atoms with E-state index in [1.807, 2.05) is 60.7 Å². The lowest BCUT2D eigenvalue weighted by atomic mass is 9.95. The van der Waals surface area contributed by atoms with Gasteiger partial charge in [-0.1, -0.05) is 84.9 Å².